The minimum absolute atomic E-state index is 0.305. The zero-order valence-corrected chi connectivity index (χ0v) is 11.1. The second-order valence-electron chi connectivity index (χ2n) is 3.65. The highest BCUT2D eigenvalue weighted by Gasteiger charge is 2.00. The zero-order chi connectivity index (χ0) is 11.8. The number of halogens is 1. The number of aromatic hydroxyl groups is 1. The molecule has 90 valence electrons. The van der Waals surface area contributed by atoms with Crippen LogP contribution in [0.5, 0.6) is 5.75 Å². The molecular weight excluding hydrogens is 270 g/mol. The first kappa shape index (κ1) is 13.5. The van der Waals surface area contributed by atoms with E-state index in [1.54, 1.807) is 19.2 Å². The van der Waals surface area contributed by atoms with Crippen LogP contribution in [-0.4, -0.2) is 25.4 Å². The SMILES string of the molecule is COCCCCNCc1cc(O)ccc1Br. The molecule has 0 fully saturated rings. The van der Waals surface area contributed by atoms with Gasteiger partial charge in [-0.3, -0.25) is 0 Å². The van der Waals surface area contributed by atoms with Crippen molar-refractivity contribution in [1.29, 1.82) is 0 Å². The van der Waals surface area contributed by atoms with Crippen molar-refractivity contribution >= 4 is 15.9 Å². The molecule has 0 aliphatic heterocycles. The Morgan fingerprint density at radius 1 is 1.38 bits per heavy atom. The molecule has 0 saturated heterocycles. The van der Waals surface area contributed by atoms with Crippen LogP contribution in [0.25, 0.3) is 0 Å². The number of methoxy groups -OCH3 is 1. The number of ether oxygens (including phenoxy) is 1. The van der Waals surface area contributed by atoms with Crippen LogP contribution in [0.15, 0.2) is 22.7 Å². The number of hydrogen-bond donors (Lipinski definition) is 2. The molecule has 16 heavy (non-hydrogen) atoms. The normalized spacial score (nSPS) is 10.6. The zero-order valence-electron chi connectivity index (χ0n) is 9.50. The van der Waals surface area contributed by atoms with Crippen molar-refractivity contribution in [3.63, 3.8) is 0 Å². The number of rotatable bonds is 7. The van der Waals surface area contributed by atoms with Crippen molar-refractivity contribution < 1.29 is 9.84 Å². The summed E-state index contributed by atoms with van der Waals surface area (Å²) in [6.45, 7) is 2.55. The van der Waals surface area contributed by atoms with Gasteiger partial charge in [-0.1, -0.05) is 15.9 Å². The van der Waals surface area contributed by atoms with Crippen LogP contribution in [0.2, 0.25) is 0 Å². The van der Waals surface area contributed by atoms with E-state index in [4.69, 9.17) is 4.74 Å². The van der Waals surface area contributed by atoms with Gasteiger partial charge in [-0.2, -0.15) is 0 Å². The third-order valence-electron chi connectivity index (χ3n) is 2.30. The van der Waals surface area contributed by atoms with Gasteiger partial charge in [-0.25, -0.2) is 0 Å². The fourth-order valence-electron chi connectivity index (χ4n) is 1.42. The standard InChI is InChI=1S/C12H18BrNO2/c1-16-7-3-2-6-14-9-10-8-11(15)4-5-12(10)13/h4-5,8,14-15H,2-3,6-7,9H2,1H3. The number of unbranched alkanes of at least 4 members (excludes halogenated alkanes) is 1. The van der Waals surface area contributed by atoms with E-state index >= 15 is 0 Å². The monoisotopic (exact) mass is 287 g/mol. The van der Waals surface area contributed by atoms with E-state index < -0.39 is 0 Å². The van der Waals surface area contributed by atoms with Gasteiger partial charge in [0.1, 0.15) is 5.75 Å². The largest absolute Gasteiger partial charge is 0.508 e. The van der Waals surface area contributed by atoms with E-state index in [0.29, 0.717) is 5.75 Å². The summed E-state index contributed by atoms with van der Waals surface area (Å²) in [7, 11) is 1.72. The van der Waals surface area contributed by atoms with Gasteiger partial charge in [0.2, 0.25) is 0 Å². The fourth-order valence-corrected chi connectivity index (χ4v) is 1.80. The molecule has 0 aliphatic carbocycles. The number of phenolic OH excluding ortho intramolecular Hbond substituents is 1. The number of benzene rings is 1. The quantitative estimate of drug-likeness (QED) is 0.758. The summed E-state index contributed by atoms with van der Waals surface area (Å²) in [6.07, 6.45) is 2.18. The third kappa shape index (κ3) is 4.96. The summed E-state index contributed by atoms with van der Waals surface area (Å²) in [5, 5.41) is 12.7. The Morgan fingerprint density at radius 3 is 2.94 bits per heavy atom. The van der Waals surface area contributed by atoms with Crippen molar-refractivity contribution in [2.45, 2.75) is 19.4 Å². The molecule has 1 aromatic rings. The molecule has 0 aliphatic rings. The molecule has 4 heteroatoms. The first-order valence-electron chi connectivity index (χ1n) is 5.41. The maximum absolute atomic E-state index is 9.35. The summed E-state index contributed by atoms with van der Waals surface area (Å²) in [5.74, 6) is 0.305. The van der Waals surface area contributed by atoms with Crippen molar-refractivity contribution in [3.8, 4) is 5.75 Å². The predicted octanol–water partition coefficient (Wildman–Crippen LogP) is 2.67. The molecule has 0 radical (unpaired) electrons. The molecule has 3 nitrogen and oxygen atoms in total. The smallest absolute Gasteiger partial charge is 0.115 e. The average Bonchev–Trinajstić information content (AvgIpc) is 2.28. The van der Waals surface area contributed by atoms with Gasteiger partial charge in [0.15, 0.2) is 0 Å². The van der Waals surface area contributed by atoms with Crippen LogP contribution in [0.3, 0.4) is 0 Å². The summed E-state index contributed by atoms with van der Waals surface area (Å²) in [4.78, 5) is 0. The molecule has 0 unspecified atom stereocenters. The minimum atomic E-state index is 0.305. The second-order valence-corrected chi connectivity index (χ2v) is 4.51. The van der Waals surface area contributed by atoms with Gasteiger partial charge in [0.05, 0.1) is 0 Å². The lowest BCUT2D eigenvalue weighted by Crippen LogP contribution is -2.15. The highest BCUT2D eigenvalue weighted by Crippen LogP contribution is 2.21. The Balaban J connectivity index is 2.23. The van der Waals surface area contributed by atoms with E-state index in [2.05, 4.69) is 21.2 Å². The van der Waals surface area contributed by atoms with Crippen LogP contribution < -0.4 is 5.32 Å². The van der Waals surface area contributed by atoms with E-state index in [9.17, 15) is 5.11 Å². The van der Waals surface area contributed by atoms with Crippen LogP contribution >= 0.6 is 15.9 Å². The van der Waals surface area contributed by atoms with Gasteiger partial charge < -0.3 is 15.2 Å². The molecular formula is C12H18BrNO2. The van der Waals surface area contributed by atoms with Crippen LogP contribution in [0.1, 0.15) is 18.4 Å². The Hall–Kier alpha value is -0.580. The van der Waals surface area contributed by atoms with Gasteiger partial charge in [0, 0.05) is 24.7 Å². The van der Waals surface area contributed by atoms with Gasteiger partial charge in [-0.05, 0) is 43.1 Å². The lowest BCUT2D eigenvalue weighted by atomic mass is 10.2. The molecule has 1 rings (SSSR count). The summed E-state index contributed by atoms with van der Waals surface area (Å²) in [6, 6.07) is 5.30. The van der Waals surface area contributed by atoms with E-state index in [1.165, 1.54) is 0 Å². The van der Waals surface area contributed by atoms with E-state index in [-0.39, 0.29) is 0 Å². The Morgan fingerprint density at radius 2 is 2.19 bits per heavy atom. The molecule has 0 amide bonds. The predicted molar refractivity (Wildman–Crippen MR) is 68.6 cm³/mol. The summed E-state index contributed by atoms with van der Waals surface area (Å²) in [5.41, 5.74) is 1.08. The van der Waals surface area contributed by atoms with Crippen molar-refractivity contribution in [1.82, 2.24) is 5.32 Å². The Kier molecular flexibility index (Phi) is 6.45. The molecule has 0 spiro atoms. The van der Waals surface area contributed by atoms with Crippen LogP contribution in [-0.2, 0) is 11.3 Å². The number of phenols is 1. The minimum Gasteiger partial charge on any atom is -0.508 e. The number of hydrogen-bond acceptors (Lipinski definition) is 3. The first-order valence-corrected chi connectivity index (χ1v) is 6.20. The van der Waals surface area contributed by atoms with Crippen LogP contribution in [0, 0.1) is 0 Å². The summed E-state index contributed by atoms with van der Waals surface area (Å²) < 4.78 is 6.00. The molecule has 2 N–H and O–H groups in total. The molecule has 0 aromatic heterocycles. The maximum Gasteiger partial charge on any atom is 0.115 e. The molecule has 0 bridgehead atoms. The second kappa shape index (κ2) is 7.65. The summed E-state index contributed by atoms with van der Waals surface area (Å²) >= 11 is 3.45. The molecule has 0 saturated carbocycles. The molecule has 1 aromatic carbocycles. The fraction of sp³-hybridized carbons (Fsp3) is 0.500. The van der Waals surface area contributed by atoms with Gasteiger partial charge >= 0.3 is 0 Å². The number of nitrogens with one attached hydrogen (secondary N) is 1. The van der Waals surface area contributed by atoms with Crippen LogP contribution in [0.4, 0.5) is 0 Å². The topological polar surface area (TPSA) is 41.5 Å². The maximum atomic E-state index is 9.35. The highest BCUT2D eigenvalue weighted by atomic mass is 79.9. The van der Waals surface area contributed by atoms with Crippen molar-refractivity contribution in [2.24, 2.45) is 0 Å². The highest BCUT2D eigenvalue weighted by molar-refractivity contribution is 9.10. The van der Waals surface area contributed by atoms with E-state index in [1.807, 2.05) is 6.07 Å². The van der Waals surface area contributed by atoms with Gasteiger partial charge in [0.25, 0.3) is 0 Å². The Bertz CT molecular complexity index is 318. The lowest BCUT2D eigenvalue weighted by molar-refractivity contribution is 0.192. The lowest BCUT2D eigenvalue weighted by Gasteiger charge is -2.07. The first-order chi connectivity index (χ1) is 7.74. The molecule has 0 atom stereocenters. The average molecular weight is 288 g/mol. The third-order valence-corrected chi connectivity index (χ3v) is 3.07. The van der Waals surface area contributed by atoms with E-state index in [0.717, 1.165) is 42.6 Å². The molecule has 0 heterocycles. The van der Waals surface area contributed by atoms with Gasteiger partial charge in [-0.15, -0.1) is 0 Å². The van der Waals surface area contributed by atoms with Crippen molar-refractivity contribution in [2.75, 3.05) is 20.3 Å². The van der Waals surface area contributed by atoms with Crippen molar-refractivity contribution in [3.05, 3.63) is 28.2 Å². The Labute approximate surface area is 105 Å².